The predicted octanol–water partition coefficient (Wildman–Crippen LogP) is 1.88. The van der Waals surface area contributed by atoms with Gasteiger partial charge in [0, 0.05) is 31.9 Å². The number of para-hydroxylation sites is 1. The van der Waals surface area contributed by atoms with E-state index in [0.29, 0.717) is 6.67 Å². The van der Waals surface area contributed by atoms with Crippen LogP contribution < -0.4 is 4.90 Å². The van der Waals surface area contributed by atoms with Crippen molar-refractivity contribution in [3.8, 4) is 0 Å². The van der Waals surface area contributed by atoms with E-state index in [-0.39, 0.29) is 5.69 Å². The SMILES string of the molecule is Cc1ccccc1N1CCN(Cn2cc([N+](=O)[O-])cn2)CC1. The van der Waals surface area contributed by atoms with Gasteiger partial charge in [-0.2, -0.15) is 5.10 Å². The minimum absolute atomic E-state index is 0.0403. The number of aromatic nitrogens is 2. The summed E-state index contributed by atoms with van der Waals surface area (Å²) in [7, 11) is 0. The van der Waals surface area contributed by atoms with Gasteiger partial charge in [-0.3, -0.25) is 19.7 Å². The molecule has 2 aromatic rings. The van der Waals surface area contributed by atoms with E-state index in [4.69, 9.17) is 0 Å². The molecule has 3 rings (SSSR count). The van der Waals surface area contributed by atoms with E-state index in [2.05, 4.69) is 46.1 Å². The minimum atomic E-state index is -0.417. The molecule has 0 N–H and O–H groups in total. The van der Waals surface area contributed by atoms with Gasteiger partial charge in [0.05, 0.1) is 11.6 Å². The lowest BCUT2D eigenvalue weighted by molar-refractivity contribution is -0.385. The van der Waals surface area contributed by atoms with Crippen LogP contribution in [-0.2, 0) is 6.67 Å². The molecule has 0 saturated carbocycles. The summed E-state index contributed by atoms with van der Waals surface area (Å²) in [6.07, 6.45) is 2.78. The van der Waals surface area contributed by atoms with Crippen LogP contribution in [0.1, 0.15) is 5.56 Å². The lowest BCUT2D eigenvalue weighted by Gasteiger charge is -2.36. The number of nitro groups is 1. The average Bonchev–Trinajstić information content (AvgIpc) is 2.98. The van der Waals surface area contributed by atoms with E-state index < -0.39 is 4.92 Å². The van der Waals surface area contributed by atoms with Crippen LogP contribution in [0.15, 0.2) is 36.7 Å². The molecule has 1 fully saturated rings. The quantitative estimate of drug-likeness (QED) is 0.637. The van der Waals surface area contributed by atoms with Crippen molar-refractivity contribution < 1.29 is 4.92 Å². The van der Waals surface area contributed by atoms with Gasteiger partial charge in [0.15, 0.2) is 0 Å². The van der Waals surface area contributed by atoms with Gasteiger partial charge in [-0.1, -0.05) is 18.2 Å². The van der Waals surface area contributed by atoms with Crippen LogP contribution in [0.4, 0.5) is 11.4 Å². The highest BCUT2D eigenvalue weighted by Crippen LogP contribution is 2.21. The molecule has 116 valence electrons. The van der Waals surface area contributed by atoms with E-state index >= 15 is 0 Å². The summed E-state index contributed by atoms with van der Waals surface area (Å²) in [5.41, 5.74) is 2.62. The topological polar surface area (TPSA) is 67.4 Å². The fraction of sp³-hybridized carbons (Fsp3) is 0.400. The maximum absolute atomic E-state index is 10.7. The zero-order valence-corrected chi connectivity index (χ0v) is 12.6. The summed E-state index contributed by atoms with van der Waals surface area (Å²) in [6, 6.07) is 8.41. The summed E-state index contributed by atoms with van der Waals surface area (Å²) < 4.78 is 1.63. The van der Waals surface area contributed by atoms with Crippen LogP contribution >= 0.6 is 0 Å². The number of aryl methyl sites for hydroxylation is 1. The molecular weight excluding hydrogens is 282 g/mol. The monoisotopic (exact) mass is 301 g/mol. The van der Waals surface area contributed by atoms with Gasteiger partial charge < -0.3 is 4.90 Å². The normalized spacial score (nSPS) is 16.0. The van der Waals surface area contributed by atoms with Crippen LogP contribution in [0.5, 0.6) is 0 Å². The number of piperazine rings is 1. The van der Waals surface area contributed by atoms with Crippen LogP contribution in [-0.4, -0.2) is 45.8 Å². The van der Waals surface area contributed by atoms with Crippen molar-refractivity contribution in [2.24, 2.45) is 0 Å². The molecule has 22 heavy (non-hydrogen) atoms. The van der Waals surface area contributed by atoms with Crippen molar-refractivity contribution in [3.05, 3.63) is 52.3 Å². The Balaban J connectivity index is 1.57. The van der Waals surface area contributed by atoms with E-state index in [1.807, 2.05) is 0 Å². The van der Waals surface area contributed by atoms with Crippen LogP contribution in [0.3, 0.4) is 0 Å². The molecule has 1 aliphatic rings. The molecule has 0 aliphatic carbocycles. The van der Waals surface area contributed by atoms with Crippen molar-refractivity contribution in [3.63, 3.8) is 0 Å². The standard InChI is InChI=1S/C15H19N5O2/c1-13-4-2-3-5-15(13)18-8-6-17(7-9-18)12-19-11-14(10-16-19)20(21)22/h2-5,10-11H,6-9,12H2,1H3. The largest absolute Gasteiger partial charge is 0.369 e. The van der Waals surface area contributed by atoms with Crippen molar-refractivity contribution in [1.29, 1.82) is 0 Å². The van der Waals surface area contributed by atoms with Gasteiger partial charge in [0.1, 0.15) is 12.4 Å². The third kappa shape index (κ3) is 3.09. The molecule has 0 unspecified atom stereocenters. The first kappa shape index (κ1) is 14.5. The number of rotatable bonds is 4. The zero-order valence-electron chi connectivity index (χ0n) is 12.6. The zero-order chi connectivity index (χ0) is 15.5. The van der Waals surface area contributed by atoms with Gasteiger partial charge in [-0.05, 0) is 18.6 Å². The Morgan fingerprint density at radius 2 is 1.95 bits per heavy atom. The number of nitrogens with zero attached hydrogens (tertiary/aromatic N) is 5. The molecule has 0 atom stereocenters. The maximum Gasteiger partial charge on any atom is 0.307 e. The minimum Gasteiger partial charge on any atom is -0.369 e. The molecular formula is C15H19N5O2. The van der Waals surface area contributed by atoms with E-state index in [9.17, 15) is 10.1 Å². The van der Waals surface area contributed by atoms with E-state index in [0.717, 1.165) is 26.2 Å². The molecule has 7 heteroatoms. The van der Waals surface area contributed by atoms with Crippen molar-refractivity contribution >= 4 is 11.4 Å². The highest BCUT2D eigenvalue weighted by atomic mass is 16.6. The van der Waals surface area contributed by atoms with Crippen LogP contribution in [0.25, 0.3) is 0 Å². The Hall–Kier alpha value is -2.41. The lowest BCUT2D eigenvalue weighted by atomic mass is 10.1. The first-order valence-electron chi connectivity index (χ1n) is 7.33. The molecule has 1 saturated heterocycles. The van der Waals surface area contributed by atoms with Gasteiger partial charge in [0.2, 0.25) is 0 Å². The number of benzene rings is 1. The van der Waals surface area contributed by atoms with E-state index in [1.165, 1.54) is 23.6 Å². The third-order valence-electron chi connectivity index (χ3n) is 4.00. The van der Waals surface area contributed by atoms with Crippen molar-refractivity contribution in [2.75, 3.05) is 31.1 Å². The Morgan fingerprint density at radius 1 is 1.23 bits per heavy atom. The summed E-state index contributed by atoms with van der Waals surface area (Å²) >= 11 is 0. The van der Waals surface area contributed by atoms with Crippen molar-refractivity contribution in [2.45, 2.75) is 13.6 Å². The number of hydrogen-bond acceptors (Lipinski definition) is 5. The Bertz CT molecular complexity index is 661. The maximum atomic E-state index is 10.7. The number of anilines is 1. The van der Waals surface area contributed by atoms with Crippen LogP contribution in [0.2, 0.25) is 0 Å². The summed E-state index contributed by atoms with van der Waals surface area (Å²) in [5.74, 6) is 0. The molecule has 2 heterocycles. The molecule has 0 bridgehead atoms. The smallest absolute Gasteiger partial charge is 0.307 e. The Labute approximate surface area is 128 Å². The number of hydrogen-bond donors (Lipinski definition) is 0. The molecule has 0 radical (unpaired) electrons. The third-order valence-corrected chi connectivity index (χ3v) is 4.00. The summed E-state index contributed by atoms with van der Waals surface area (Å²) in [6.45, 7) is 6.46. The summed E-state index contributed by atoms with van der Waals surface area (Å²) in [5, 5.41) is 14.7. The van der Waals surface area contributed by atoms with E-state index in [1.54, 1.807) is 4.68 Å². The van der Waals surface area contributed by atoms with Gasteiger partial charge >= 0.3 is 5.69 Å². The molecule has 1 aromatic heterocycles. The second kappa shape index (κ2) is 6.15. The second-order valence-corrected chi connectivity index (χ2v) is 5.53. The van der Waals surface area contributed by atoms with Crippen LogP contribution in [0, 0.1) is 17.0 Å². The van der Waals surface area contributed by atoms with Gasteiger partial charge in [-0.25, -0.2) is 0 Å². The lowest BCUT2D eigenvalue weighted by Crippen LogP contribution is -2.47. The molecule has 1 aromatic carbocycles. The molecule has 7 nitrogen and oxygen atoms in total. The fourth-order valence-electron chi connectivity index (χ4n) is 2.78. The first-order valence-corrected chi connectivity index (χ1v) is 7.33. The highest BCUT2D eigenvalue weighted by molar-refractivity contribution is 5.53. The molecule has 0 spiro atoms. The van der Waals surface area contributed by atoms with Gasteiger partial charge in [0.25, 0.3) is 0 Å². The first-order chi connectivity index (χ1) is 10.6. The summed E-state index contributed by atoms with van der Waals surface area (Å²) in [4.78, 5) is 14.9. The molecule has 0 amide bonds. The predicted molar refractivity (Wildman–Crippen MR) is 83.8 cm³/mol. The fourth-order valence-corrected chi connectivity index (χ4v) is 2.78. The Kier molecular flexibility index (Phi) is 4.06. The average molecular weight is 301 g/mol. The second-order valence-electron chi connectivity index (χ2n) is 5.53. The Morgan fingerprint density at radius 3 is 2.59 bits per heavy atom. The van der Waals surface area contributed by atoms with Crippen molar-refractivity contribution in [1.82, 2.24) is 14.7 Å². The highest BCUT2D eigenvalue weighted by Gasteiger charge is 2.19. The van der Waals surface area contributed by atoms with Gasteiger partial charge in [-0.15, -0.1) is 0 Å². The molecule has 1 aliphatic heterocycles.